The Morgan fingerprint density at radius 2 is 1.95 bits per heavy atom. The second kappa shape index (κ2) is 5.85. The van der Waals surface area contributed by atoms with Crippen LogP contribution in [0.5, 0.6) is 0 Å². The van der Waals surface area contributed by atoms with Crippen LogP contribution < -0.4 is 5.32 Å². The Bertz CT molecular complexity index is 572. The van der Waals surface area contributed by atoms with E-state index >= 15 is 0 Å². The first-order valence-electron chi connectivity index (χ1n) is 5.43. The highest BCUT2D eigenvalue weighted by Crippen LogP contribution is 2.27. The molecule has 2 rings (SSSR count). The first kappa shape index (κ1) is 14.2. The summed E-state index contributed by atoms with van der Waals surface area (Å²) in [4.78, 5) is 24.5. The first-order chi connectivity index (χ1) is 9.02. The third-order valence-electron chi connectivity index (χ3n) is 2.53. The second-order valence-corrected chi connectivity index (χ2v) is 5.54. The number of hydrogen-bond acceptors (Lipinski definition) is 4. The molecule has 1 aromatic carbocycles. The van der Waals surface area contributed by atoms with Gasteiger partial charge in [-0.15, -0.1) is 0 Å². The summed E-state index contributed by atoms with van der Waals surface area (Å²) >= 11 is 6.70. The van der Waals surface area contributed by atoms with E-state index in [0.29, 0.717) is 5.69 Å². The third kappa shape index (κ3) is 3.05. The van der Waals surface area contributed by atoms with Crippen LogP contribution in [-0.2, 0) is 9.59 Å². The van der Waals surface area contributed by atoms with Gasteiger partial charge >= 0.3 is 0 Å². The van der Waals surface area contributed by atoms with Crippen molar-refractivity contribution in [2.75, 3.05) is 18.5 Å². The van der Waals surface area contributed by atoms with Crippen LogP contribution in [0.3, 0.4) is 0 Å². The number of hydrogen-bond donors (Lipinski definition) is 2. The summed E-state index contributed by atoms with van der Waals surface area (Å²) in [5, 5.41) is 11.7. The molecule has 19 heavy (non-hydrogen) atoms. The van der Waals surface area contributed by atoms with E-state index in [0.717, 1.165) is 13.8 Å². The SMILES string of the molecule is O=C1C=C(Nc2ccc(Br)c(Br)c2)C(=O)N1CCO. The van der Waals surface area contributed by atoms with Crippen molar-refractivity contribution in [2.24, 2.45) is 0 Å². The molecular formula is C12H10Br2N2O3. The van der Waals surface area contributed by atoms with Crippen molar-refractivity contribution >= 4 is 49.4 Å². The van der Waals surface area contributed by atoms with Gasteiger partial charge in [0.15, 0.2) is 0 Å². The van der Waals surface area contributed by atoms with Crippen molar-refractivity contribution in [3.8, 4) is 0 Å². The topological polar surface area (TPSA) is 69.6 Å². The van der Waals surface area contributed by atoms with Gasteiger partial charge < -0.3 is 10.4 Å². The standard InChI is InChI=1S/C12H10Br2N2O3/c13-8-2-1-7(5-9(8)14)15-10-6-11(18)16(3-4-17)12(10)19/h1-2,5-6,15,17H,3-4H2. The van der Waals surface area contributed by atoms with Crippen LogP contribution in [0.25, 0.3) is 0 Å². The Hall–Kier alpha value is -1.18. The lowest BCUT2D eigenvalue weighted by atomic mass is 10.3. The Morgan fingerprint density at radius 3 is 2.58 bits per heavy atom. The van der Waals surface area contributed by atoms with Crippen molar-refractivity contribution in [1.29, 1.82) is 0 Å². The van der Waals surface area contributed by atoms with Gasteiger partial charge in [-0.2, -0.15) is 0 Å². The smallest absolute Gasteiger partial charge is 0.277 e. The number of anilines is 1. The number of carbonyl (C=O) groups excluding carboxylic acids is 2. The summed E-state index contributed by atoms with van der Waals surface area (Å²) in [5.74, 6) is -0.851. The van der Waals surface area contributed by atoms with E-state index in [-0.39, 0.29) is 18.8 Å². The molecule has 1 heterocycles. The molecule has 0 aliphatic carbocycles. The van der Waals surface area contributed by atoms with Crippen LogP contribution >= 0.6 is 31.9 Å². The number of imide groups is 1. The van der Waals surface area contributed by atoms with Gasteiger partial charge in [0.25, 0.3) is 11.8 Å². The monoisotopic (exact) mass is 388 g/mol. The fourth-order valence-corrected chi connectivity index (χ4v) is 2.26. The third-order valence-corrected chi connectivity index (χ3v) is 4.41. The number of aliphatic hydroxyl groups excluding tert-OH is 1. The molecule has 1 aromatic rings. The molecule has 0 saturated heterocycles. The minimum atomic E-state index is -0.432. The van der Waals surface area contributed by atoms with E-state index in [9.17, 15) is 9.59 Å². The molecule has 0 aromatic heterocycles. The van der Waals surface area contributed by atoms with Crippen molar-refractivity contribution in [3.05, 3.63) is 38.9 Å². The molecule has 0 spiro atoms. The fraction of sp³-hybridized carbons (Fsp3) is 0.167. The first-order valence-corrected chi connectivity index (χ1v) is 7.02. The molecule has 1 aliphatic rings. The van der Waals surface area contributed by atoms with Gasteiger partial charge in [0.05, 0.1) is 13.2 Å². The predicted octanol–water partition coefficient (Wildman–Crippen LogP) is 1.87. The number of aliphatic hydroxyl groups is 1. The van der Waals surface area contributed by atoms with Crippen LogP contribution in [0.15, 0.2) is 38.9 Å². The van der Waals surface area contributed by atoms with Crippen molar-refractivity contribution in [3.63, 3.8) is 0 Å². The summed E-state index contributed by atoms with van der Waals surface area (Å²) < 4.78 is 1.73. The van der Waals surface area contributed by atoms with Gasteiger partial charge in [-0.25, -0.2) is 0 Å². The molecule has 0 atom stereocenters. The summed E-state index contributed by atoms with van der Waals surface area (Å²) in [6.07, 6.45) is 1.23. The molecule has 0 fully saturated rings. The molecule has 1 aliphatic heterocycles. The second-order valence-electron chi connectivity index (χ2n) is 3.83. The van der Waals surface area contributed by atoms with E-state index in [4.69, 9.17) is 5.11 Å². The van der Waals surface area contributed by atoms with Crippen LogP contribution in [0.4, 0.5) is 5.69 Å². The number of nitrogens with one attached hydrogen (secondary N) is 1. The molecular weight excluding hydrogens is 380 g/mol. The molecule has 5 nitrogen and oxygen atoms in total. The molecule has 0 saturated carbocycles. The zero-order valence-corrected chi connectivity index (χ0v) is 12.9. The van der Waals surface area contributed by atoms with E-state index in [2.05, 4.69) is 37.2 Å². The Kier molecular flexibility index (Phi) is 4.38. The largest absolute Gasteiger partial charge is 0.395 e. The number of β-amino-alcohol motifs (C(OH)–C–C–N with tert-alkyl or cyclic N) is 1. The zero-order valence-electron chi connectivity index (χ0n) is 9.69. The lowest BCUT2D eigenvalue weighted by Gasteiger charge is -2.13. The number of rotatable bonds is 4. The molecule has 7 heteroatoms. The molecule has 0 bridgehead atoms. The summed E-state index contributed by atoms with van der Waals surface area (Å²) in [6.45, 7) is -0.244. The van der Waals surface area contributed by atoms with Gasteiger partial charge in [-0.3, -0.25) is 14.5 Å². The van der Waals surface area contributed by atoms with Crippen LogP contribution in [-0.4, -0.2) is 35.0 Å². The molecule has 100 valence electrons. The molecule has 2 N–H and O–H groups in total. The quantitative estimate of drug-likeness (QED) is 0.771. The fourth-order valence-electron chi connectivity index (χ4n) is 1.64. The number of carbonyl (C=O) groups is 2. The highest BCUT2D eigenvalue weighted by atomic mass is 79.9. The molecule has 0 unspecified atom stereocenters. The van der Waals surface area contributed by atoms with Gasteiger partial charge in [0.2, 0.25) is 0 Å². The highest BCUT2D eigenvalue weighted by molar-refractivity contribution is 9.13. The van der Waals surface area contributed by atoms with E-state index in [1.165, 1.54) is 6.08 Å². The minimum absolute atomic E-state index is 0.00335. The maximum atomic E-state index is 11.9. The Morgan fingerprint density at radius 1 is 1.21 bits per heavy atom. The van der Waals surface area contributed by atoms with Crippen LogP contribution in [0, 0.1) is 0 Å². The summed E-state index contributed by atoms with van der Waals surface area (Å²) in [6, 6.07) is 5.39. The minimum Gasteiger partial charge on any atom is -0.395 e. The summed E-state index contributed by atoms with van der Waals surface area (Å²) in [7, 11) is 0. The Balaban J connectivity index is 2.16. The van der Waals surface area contributed by atoms with Crippen molar-refractivity contribution in [2.45, 2.75) is 0 Å². The van der Waals surface area contributed by atoms with Crippen molar-refractivity contribution in [1.82, 2.24) is 4.90 Å². The predicted molar refractivity (Wildman–Crippen MR) is 77.4 cm³/mol. The Labute approximate surface area is 126 Å². The number of halogens is 2. The van der Waals surface area contributed by atoms with E-state index < -0.39 is 11.8 Å². The average Bonchev–Trinajstić information content (AvgIpc) is 2.62. The van der Waals surface area contributed by atoms with Gasteiger partial charge in [0.1, 0.15) is 5.70 Å². The molecule has 2 amide bonds. The lowest BCUT2D eigenvalue weighted by Crippen LogP contribution is -2.34. The maximum absolute atomic E-state index is 11.9. The molecule has 0 radical (unpaired) electrons. The van der Waals surface area contributed by atoms with Crippen LogP contribution in [0.2, 0.25) is 0 Å². The summed E-state index contributed by atoms with van der Waals surface area (Å²) in [5.41, 5.74) is 0.890. The average molecular weight is 390 g/mol. The van der Waals surface area contributed by atoms with Gasteiger partial charge in [-0.1, -0.05) is 0 Å². The number of amides is 2. The van der Waals surface area contributed by atoms with Crippen molar-refractivity contribution < 1.29 is 14.7 Å². The maximum Gasteiger partial charge on any atom is 0.277 e. The van der Waals surface area contributed by atoms with E-state index in [1.807, 2.05) is 6.07 Å². The highest BCUT2D eigenvalue weighted by Gasteiger charge is 2.30. The van der Waals surface area contributed by atoms with Gasteiger partial charge in [-0.05, 0) is 50.1 Å². The lowest BCUT2D eigenvalue weighted by molar-refractivity contribution is -0.137. The zero-order chi connectivity index (χ0) is 14.0. The normalized spacial score (nSPS) is 14.9. The van der Waals surface area contributed by atoms with E-state index in [1.54, 1.807) is 12.1 Å². The number of nitrogens with zero attached hydrogens (tertiary/aromatic N) is 1. The van der Waals surface area contributed by atoms with Crippen LogP contribution in [0.1, 0.15) is 0 Å². The number of benzene rings is 1. The van der Waals surface area contributed by atoms with Gasteiger partial charge in [0, 0.05) is 20.7 Å².